The summed E-state index contributed by atoms with van der Waals surface area (Å²) in [6.45, 7) is 0. The molecule has 2 aliphatic rings. The Bertz CT molecular complexity index is 2510. The molecule has 0 fully saturated rings. The van der Waals surface area contributed by atoms with Crippen molar-refractivity contribution in [3.63, 3.8) is 0 Å². The van der Waals surface area contributed by atoms with Crippen molar-refractivity contribution in [3.05, 3.63) is 192 Å². The van der Waals surface area contributed by atoms with E-state index in [4.69, 9.17) is 0 Å². The van der Waals surface area contributed by atoms with Crippen molar-refractivity contribution in [3.8, 4) is 33.4 Å². The predicted molar refractivity (Wildman–Crippen MR) is 194 cm³/mol. The zero-order chi connectivity index (χ0) is 30.2. The number of hydrogen-bond acceptors (Lipinski definition) is 1. The van der Waals surface area contributed by atoms with Crippen molar-refractivity contribution >= 4 is 33.3 Å². The van der Waals surface area contributed by atoms with Crippen LogP contribution < -0.4 is 0 Å². The first kappa shape index (κ1) is 25.9. The van der Waals surface area contributed by atoms with Crippen LogP contribution in [0.1, 0.15) is 22.3 Å². The molecular formula is C45H28S. The summed E-state index contributed by atoms with van der Waals surface area (Å²) < 4.78 is 0. The van der Waals surface area contributed by atoms with E-state index < -0.39 is 5.41 Å². The first-order chi connectivity index (χ1) is 22.8. The Balaban J connectivity index is 1.35. The summed E-state index contributed by atoms with van der Waals surface area (Å²) in [6.07, 6.45) is 0. The zero-order valence-electron chi connectivity index (χ0n) is 25.1. The fourth-order valence-corrected chi connectivity index (χ4v) is 9.49. The molecule has 1 atom stereocenters. The van der Waals surface area contributed by atoms with E-state index in [0.717, 1.165) is 0 Å². The molecule has 1 aliphatic carbocycles. The van der Waals surface area contributed by atoms with Gasteiger partial charge >= 0.3 is 0 Å². The van der Waals surface area contributed by atoms with Gasteiger partial charge in [-0.1, -0.05) is 169 Å². The molecule has 1 aliphatic heterocycles. The van der Waals surface area contributed by atoms with Gasteiger partial charge in [-0.15, -0.1) is 0 Å². The number of rotatable bonds is 3. The first-order valence-corrected chi connectivity index (χ1v) is 16.8. The monoisotopic (exact) mass is 600 g/mol. The van der Waals surface area contributed by atoms with Crippen LogP contribution in [0.25, 0.3) is 54.9 Å². The summed E-state index contributed by atoms with van der Waals surface area (Å²) >= 11 is 1.89. The standard InChI is InChI=1S/C45H28S/c1-2-14-30(15-3-1)45(40-23-10-7-18-34(40)38-26-25-29-13-4-5-16-31(29)44(38)45)39-22-9-6-17-33(39)32-27-28-42-43-36(32)20-12-21-37(43)35-19-8-11-24-41(35)46-42/h1-28H. The van der Waals surface area contributed by atoms with Gasteiger partial charge < -0.3 is 0 Å². The van der Waals surface area contributed by atoms with Gasteiger partial charge in [0.2, 0.25) is 0 Å². The van der Waals surface area contributed by atoms with Crippen molar-refractivity contribution in [1.82, 2.24) is 0 Å². The Morgan fingerprint density at radius 3 is 1.78 bits per heavy atom. The fourth-order valence-electron chi connectivity index (χ4n) is 8.36. The normalized spacial score (nSPS) is 15.8. The van der Waals surface area contributed by atoms with Crippen LogP contribution in [0.5, 0.6) is 0 Å². The first-order valence-electron chi connectivity index (χ1n) is 15.9. The molecule has 0 amide bonds. The molecule has 10 rings (SSSR count). The number of hydrogen-bond donors (Lipinski definition) is 0. The van der Waals surface area contributed by atoms with Crippen LogP contribution in [0.4, 0.5) is 0 Å². The molecular weight excluding hydrogens is 573 g/mol. The molecule has 1 heteroatoms. The molecule has 214 valence electrons. The van der Waals surface area contributed by atoms with Gasteiger partial charge in [-0.25, -0.2) is 0 Å². The van der Waals surface area contributed by atoms with Crippen molar-refractivity contribution in [2.75, 3.05) is 0 Å². The minimum Gasteiger partial charge on any atom is -0.0888 e. The lowest BCUT2D eigenvalue weighted by Crippen LogP contribution is -2.29. The minimum atomic E-state index is -0.508. The van der Waals surface area contributed by atoms with E-state index in [1.54, 1.807) is 0 Å². The van der Waals surface area contributed by atoms with Crippen LogP contribution in [-0.4, -0.2) is 0 Å². The van der Waals surface area contributed by atoms with Crippen LogP contribution >= 0.6 is 11.8 Å². The summed E-state index contributed by atoms with van der Waals surface area (Å²) in [5, 5.41) is 5.23. The summed E-state index contributed by atoms with van der Waals surface area (Å²) in [5.74, 6) is 0. The van der Waals surface area contributed by atoms with E-state index in [-0.39, 0.29) is 0 Å². The molecule has 0 saturated heterocycles. The maximum absolute atomic E-state index is 2.38. The SMILES string of the molecule is c1ccc(C2(c3ccccc3-c3ccc4c5c(cccc35)-c3ccccc3S4)c3ccccc3-c3ccc4ccccc4c32)cc1. The highest BCUT2D eigenvalue weighted by molar-refractivity contribution is 7.99. The van der Waals surface area contributed by atoms with Crippen molar-refractivity contribution in [2.45, 2.75) is 15.2 Å². The molecule has 46 heavy (non-hydrogen) atoms. The molecule has 0 saturated carbocycles. The van der Waals surface area contributed by atoms with Gasteiger partial charge in [0.25, 0.3) is 0 Å². The zero-order valence-corrected chi connectivity index (χ0v) is 25.9. The summed E-state index contributed by atoms with van der Waals surface area (Å²) in [4.78, 5) is 2.65. The highest BCUT2D eigenvalue weighted by Crippen LogP contribution is 2.60. The Labute approximate surface area is 273 Å². The van der Waals surface area contributed by atoms with Crippen LogP contribution in [-0.2, 0) is 5.41 Å². The van der Waals surface area contributed by atoms with Gasteiger partial charge in [0.1, 0.15) is 0 Å². The van der Waals surface area contributed by atoms with Crippen LogP contribution in [0.3, 0.4) is 0 Å². The fraction of sp³-hybridized carbons (Fsp3) is 0.0222. The van der Waals surface area contributed by atoms with Crippen molar-refractivity contribution in [2.24, 2.45) is 0 Å². The lowest BCUT2D eigenvalue weighted by molar-refractivity contribution is 0.777. The van der Waals surface area contributed by atoms with Crippen molar-refractivity contribution < 1.29 is 0 Å². The molecule has 0 spiro atoms. The Morgan fingerprint density at radius 1 is 0.348 bits per heavy atom. The van der Waals surface area contributed by atoms with Gasteiger partial charge in [-0.05, 0) is 83.9 Å². The predicted octanol–water partition coefficient (Wildman–Crippen LogP) is 12.2. The molecule has 1 unspecified atom stereocenters. The number of benzene rings is 8. The third-order valence-corrected chi connectivity index (χ3v) is 11.3. The Kier molecular flexibility index (Phi) is 5.53. The van der Waals surface area contributed by atoms with E-state index in [1.807, 2.05) is 11.8 Å². The molecule has 0 bridgehead atoms. The smallest absolute Gasteiger partial charge is 0.0725 e. The highest BCUT2D eigenvalue weighted by Gasteiger charge is 2.48. The summed E-state index contributed by atoms with van der Waals surface area (Å²) in [5.41, 5.74) is 12.6. The number of fused-ring (bicyclic) bond motifs is 7. The van der Waals surface area contributed by atoms with Gasteiger partial charge in [-0.3, -0.25) is 0 Å². The van der Waals surface area contributed by atoms with Gasteiger partial charge in [-0.2, -0.15) is 0 Å². The lowest BCUT2D eigenvalue weighted by atomic mass is 9.65. The maximum atomic E-state index is 2.38. The van der Waals surface area contributed by atoms with Crippen LogP contribution in [0.15, 0.2) is 180 Å². The summed E-state index contributed by atoms with van der Waals surface area (Å²) in [7, 11) is 0. The van der Waals surface area contributed by atoms with Gasteiger partial charge in [0.05, 0.1) is 5.41 Å². The Hall–Kier alpha value is -5.37. The minimum absolute atomic E-state index is 0.508. The quantitative estimate of drug-likeness (QED) is 0.194. The van der Waals surface area contributed by atoms with E-state index in [9.17, 15) is 0 Å². The van der Waals surface area contributed by atoms with E-state index in [2.05, 4.69) is 170 Å². The topological polar surface area (TPSA) is 0 Å². The average molecular weight is 601 g/mol. The molecule has 8 aromatic rings. The van der Waals surface area contributed by atoms with Gasteiger partial charge in [0.15, 0.2) is 0 Å². The van der Waals surface area contributed by atoms with E-state index in [1.165, 1.54) is 87.0 Å². The second-order valence-electron chi connectivity index (χ2n) is 12.4. The maximum Gasteiger partial charge on any atom is 0.0725 e. The molecule has 0 radical (unpaired) electrons. The summed E-state index contributed by atoms with van der Waals surface area (Å²) in [6, 6.07) is 63.4. The molecule has 1 heterocycles. The third-order valence-electron chi connectivity index (χ3n) is 10.2. The van der Waals surface area contributed by atoms with Crippen molar-refractivity contribution in [1.29, 1.82) is 0 Å². The largest absolute Gasteiger partial charge is 0.0888 e. The average Bonchev–Trinajstić information content (AvgIpc) is 3.44. The molecule has 0 nitrogen and oxygen atoms in total. The van der Waals surface area contributed by atoms with E-state index in [0.29, 0.717) is 0 Å². The second-order valence-corrected chi connectivity index (χ2v) is 13.4. The van der Waals surface area contributed by atoms with Gasteiger partial charge in [0, 0.05) is 15.2 Å². The molecule has 8 aromatic carbocycles. The van der Waals surface area contributed by atoms with Crippen LogP contribution in [0.2, 0.25) is 0 Å². The van der Waals surface area contributed by atoms with Crippen LogP contribution in [0, 0.1) is 0 Å². The van der Waals surface area contributed by atoms with E-state index >= 15 is 0 Å². The Morgan fingerprint density at radius 2 is 0.957 bits per heavy atom. The third kappa shape index (κ3) is 3.41. The molecule has 0 N–H and O–H groups in total. The second kappa shape index (κ2) is 9.81. The highest BCUT2D eigenvalue weighted by atomic mass is 32.2. The molecule has 0 aromatic heterocycles. The lowest BCUT2D eigenvalue weighted by Gasteiger charge is -2.36.